The van der Waals surface area contributed by atoms with Gasteiger partial charge in [-0.05, 0) is 12.5 Å². The van der Waals surface area contributed by atoms with Crippen molar-refractivity contribution in [2.45, 2.75) is 19.2 Å². The van der Waals surface area contributed by atoms with Crippen LogP contribution >= 0.6 is 0 Å². The molecule has 1 aliphatic rings. The van der Waals surface area contributed by atoms with E-state index in [0.717, 1.165) is 23.9 Å². The van der Waals surface area contributed by atoms with Crippen molar-refractivity contribution in [2.75, 3.05) is 20.2 Å². The number of carbonyl (C=O) groups is 1. The average Bonchev–Trinajstić information content (AvgIpc) is 3.03. The van der Waals surface area contributed by atoms with E-state index in [1.54, 1.807) is 4.68 Å². The molecule has 0 bridgehead atoms. The second kappa shape index (κ2) is 5.22. The third kappa shape index (κ3) is 2.28. The van der Waals surface area contributed by atoms with Crippen LogP contribution in [-0.2, 0) is 11.4 Å². The van der Waals surface area contributed by atoms with Crippen LogP contribution in [0.3, 0.4) is 0 Å². The smallest absolute Gasteiger partial charge is 0.359 e. The van der Waals surface area contributed by atoms with Gasteiger partial charge in [0.2, 0.25) is 0 Å². The first-order chi connectivity index (χ1) is 9.69. The molecular formula is C14H17N3O3. The summed E-state index contributed by atoms with van der Waals surface area (Å²) in [5.74, 6) is -0.429. The number of aliphatic hydroxyl groups excluding tert-OH is 1. The lowest BCUT2D eigenvalue weighted by molar-refractivity contribution is 0.0594. The predicted octanol–water partition coefficient (Wildman–Crippen LogP) is 0.847. The highest BCUT2D eigenvalue weighted by atomic mass is 16.5. The van der Waals surface area contributed by atoms with E-state index >= 15 is 0 Å². The molecule has 6 heteroatoms. The summed E-state index contributed by atoms with van der Waals surface area (Å²) in [5.41, 5.74) is 1.23. The number of rotatable bonds is 3. The molecule has 1 aromatic carbocycles. The Morgan fingerprint density at radius 1 is 1.50 bits per heavy atom. The van der Waals surface area contributed by atoms with E-state index in [2.05, 4.69) is 10.00 Å². The van der Waals surface area contributed by atoms with Crippen LogP contribution in [0.1, 0.15) is 16.9 Å². The number of likely N-dealkylation sites (tertiary alicyclic amines) is 1. The third-order valence-electron chi connectivity index (χ3n) is 3.62. The number of β-amino-alcohol motifs (C(OH)–C–C–N with tert-alkyl or cyclic N) is 1. The Labute approximate surface area is 116 Å². The van der Waals surface area contributed by atoms with Crippen molar-refractivity contribution in [1.82, 2.24) is 14.7 Å². The largest absolute Gasteiger partial charge is 0.464 e. The molecule has 0 amide bonds. The Morgan fingerprint density at radius 3 is 3.00 bits per heavy atom. The summed E-state index contributed by atoms with van der Waals surface area (Å²) < 4.78 is 6.57. The van der Waals surface area contributed by atoms with Crippen LogP contribution in [0.25, 0.3) is 10.9 Å². The van der Waals surface area contributed by atoms with Crippen molar-refractivity contribution in [3.63, 3.8) is 0 Å². The number of carbonyl (C=O) groups excluding carboxylic acids is 1. The van der Waals surface area contributed by atoms with E-state index in [9.17, 15) is 9.90 Å². The molecule has 0 saturated carbocycles. The first-order valence-corrected chi connectivity index (χ1v) is 6.63. The SMILES string of the molecule is COC(=O)c1nn(CN2CCC(O)C2)c2ccccc12. The zero-order valence-electron chi connectivity index (χ0n) is 11.3. The molecule has 1 unspecified atom stereocenters. The first-order valence-electron chi connectivity index (χ1n) is 6.63. The molecule has 6 nitrogen and oxygen atoms in total. The summed E-state index contributed by atoms with van der Waals surface area (Å²) in [5, 5.41) is 14.7. The van der Waals surface area contributed by atoms with Gasteiger partial charge in [0.1, 0.15) is 0 Å². The van der Waals surface area contributed by atoms with E-state index in [4.69, 9.17) is 4.74 Å². The molecule has 1 N–H and O–H groups in total. The number of nitrogens with zero attached hydrogens (tertiary/aromatic N) is 3. The monoisotopic (exact) mass is 275 g/mol. The van der Waals surface area contributed by atoms with Crippen molar-refractivity contribution >= 4 is 16.9 Å². The lowest BCUT2D eigenvalue weighted by Gasteiger charge is -2.15. The van der Waals surface area contributed by atoms with Gasteiger partial charge in [0.25, 0.3) is 0 Å². The molecule has 0 spiro atoms. The van der Waals surface area contributed by atoms with Gasteiger partial charge in [0, 0.05) is 18.5 Å². The lowest BCUT2D eigenvalue weighted by Crippen LogP contribution is -2.25. The number of hydrogen-bond acceptors (Lipinski definition) is 5. The normalized spacial score (nSPS) is 19.6. The highest BCUT2D eigenvalue weighted by Gasteiger charge is 2.23. The number of esters is 1. The Morgan fingerprint density at radius 2 is 2.30 bits per heavy atom. The average molecular weight is 275 g/mol. The zero-order chi connectivity index (χ0) is 14.1. The quantitative estimate of drug-likeness (QED) is 0.841. The van der Waals surface area contributed by atoms with Crippen molar-refractivity contribution in [3.8, 4) is 0 Å². The maximum atomic E-state index is 11.8. The van der Waals surface area contributed by atoms with Crippen LogP contribution < -0.4 is 0 Å². The van der Waals surface area contributed by atoms with Crippen LogP contribution in [0.2, 0.25) is 0 Å². The molecule has 106 valence electrons. The Bertz CT molecular complexity index is 638. The summed E-state index contributed by atoms with van der Waals surface area (Å²) in [7, 11) is 1.35. The number of ether oxygens (including phenoxy) is 1. The maximum Gasteiger partial charge on any atom is 0.359 e. The third-order valence-corrected chi connectivity index (χ3v) is 3.62. The van der Waals surface area contributed by atoms with Crippen LogP contribution in [0, 0.1) is 0 Å². The Balaban J connectivity index is 1.96. The fourth-order valence-electron chi connectivity index (χ4n) is 2.61. The Hall–Kier alpha value is -1.92. The van der Waals surface area contributed by atoms with Gasteiger partial charge < -0.3 is 9.84 Å². The number of aromatic nitrogens is 2. The standard InChI is InChI=1S/C14H17N3O3/c1-20-14(19)13-11-4-2-3-5-12(11)17(15-13)9-16-7-6-10(18)8-16/h2-5,10,18H,6-9H2,1H3. The van der Waals surface area contributed by atoms with Gasteiger partial charge in [-0.1, -0.05) is 18.2 Å². The van der Waals surface area contributed by atoms with Crippen molar-refractivity contribution in [3.05, 3.63) is 30.0 Å². The minimum atomic E-state index is -0.429. The highest BCUT2D eigenvalue weighted by molar-refractivity contribution is 6.02. The van der Waals surface area contributed by atoms with Gasteiger partial charge in [0.15, 0.2) is 5.69 Å². The summed E-state index contributed by atoms with van der Waals surface area (Å²) in [4.78, 5) is 13.9. The van der Waals surface area contributed by atoms with Gasteiger partial charge in [-0.2, -0.15) is 5.10 Å². The minimum Gasteiger partial charge on any atom is -0.464 e. The first kappa shape index (κ1) is 13.1. The highest BCUT2D eigenvalue weighted by Crippen LogP contribution is 2.20. The molecule has 0 radical (unpaired) electrons. The molecule has 1 aliphatic heterocycles. The van der Waals surface area contributed by atoms with E-state index < -0.39 is 5.97 Å². The van der Waals surface area contributed by atoms with Crippen LogP contribution in [0.5, 0.6) is 0 Å². The van der Waals surface area contributed by atoms with Gasteiger partial charge in [-0.15, -0.1) is 0 Å². The van der Waals surface area contributed by atoms with Crippen molar-refractivity contribution in [1.29, 1.82) is 0 Å². The molecule has 1 saturated heterocycles. The number of para-hydroxylation sites is 1. The molecule has 2 aromatic rings. The zero-order valence-corrected chi connectivity index (χ0v) is 11.3. The van der Waals surface area contributed by atoms with Gasteiger partial charge in [-0.3, -0.25) is 4.90 Å². The molecule has 1 aromatic heterocycles. The molecule has 0 aliphatic carbocycles. The topological polar surface area (TPSA) is 67.6 Å². The minimum absolute atomic E-state index is 0.267. The summed E-state index contributed by atoms with van der Waals surface area (Å²) in [6, 6.07) is 7.59. The Kier molecular flexibility index (Phi) is 3.42. The van der Waals surface area contributed by atoms with E-state index in [0.29, 0.717) is 18.9 Å². The van der Waals surface area contributed by atoms with Crippen LogP contribution in [-0.4, -0.2) is 52.1 Å². The number of benzene rings is 1. The summed E-state index contributed by atoms with van der Waals surface area (Å²) in [6.07, 6.45) is 0.514. The fraction of sp³-hybridized carbons (Fsp3) is 0.429. The number of methoxy groups -OCH3 is 1. The summed E-state index contributed by atoms with van der Waals surface area (Å²) in [6.45, 7) is 2.04. The number of fused-ring (bicyclic) bond motifs is 1. The van der Waals surface area contributed by atoms with Crippen molar-refractivity contribution in [2.24, 2.45) is 0 Å². The van der Waals surface area contributed by atoms with Gasteiger partial charge >= 0.3 is 5.97 Å². The maximum absolute atomic E-state index is 11.8. The second-order valence-electron chi connectivity index (χ2n) is 5.02. The molecule has 3 rings (SSSR count). The van der Waals surface area contributed by atoms with Gasteiger partial charge in [-0.25, -0.2) is 9.48 Å². The van der Waals surface area contributed by atoms with Crippen LogP contribution in [0.15, 0.2) is 24.3 Å². The van der Waals surface area contributed by atoms with Gasteiger partial charge in [0.05, 0.1) is 25.4 Å². The number of aliphatic hydroxyl groups is 1. The molecule has 20 heavy (non-hydrogen) atoms. The van der Waals surface area contributed by atoms with E-state index in [-0.39, 0.29) is 6.10 Å². The fourth-order valence-corrected chi connectivity index (χ4v) is 2.61. The van der Waals surface area contributed by atoms with E-state index in [1.165, 1.54) is 7.11 Å². The summed E-state index contributed by atoms with van der Waals surface area (Å²) >= 11 is 0. The molecule has 1 atom stereocenters. The number of hydrogen-bond donors (Lipinski definition) is 1. The second-order valence-corrected chi connectivity index (χ2v) is 5.02. The van der Waals surface area contributed by atoms with E-state index in [1.807, 2.05) is 24.3 Å². The lowest BCUT2D eigenvalue weighted by atomic mass is 10.2. The van der Waals surface area contributed by atoms with Crippen molar-refractivity contribution < 1.29 is 14.6 Å². The van der Waals surface area contributed by atoms with Crippen LogP contribution in [0.4, 0.5) is 0 Å². The molecule has 2 heterocycles. The molecule has 1 fully saturated rings. The predicted molar refractivity (Wildman–Crippen MR) is 73.3 cm³/mol. The molecular weight excluding hydrogens is 258 g/mol.